The van der Waals surface area contributed by atoms with Crippen LogP contribution in [0.5, 0.6) is 0 Å². The molecule has 0 bridgehead atoms. The molecule has 8 heteroatoms. The van der Waals surface area contributed by atoms with Crippen molar-refractivity contribution in [2.24, 2.45) is 4.99 Å². The molecule has 0 aliphatic carbocycles. The molecule has 1 aliphatic rings. The van der Waals surface area contributed by atoms with E-state index in [1.54, 1.807) is 23.3 Å². The summed E-state index contributed by atoms with van der Waals surface area (Å²) in [6, 6.07) is 18.7. The quantitative estimate of drug-likeness (QED) is 0.486. The van der Waals surface area contributed by atoms with Crippen LogP contribution in [0.25, 0.3) is 0 Å². The highest BCUT2D eigenvalue weighted by Crippen LogP contribution is 2.33. The highest BCUT2D eigenvalue weighted by atomic mass is 79.9. The minimum atomic E-state index is -0.555. The number of anilines is 1. The van der Waals surface area contributed by atoms with Crippen LogP contribution in [0, 0.1) is 6.92 Å². The van der Waals surface area contributed by atoms with Gasteiger partial charge in [-0.3, -0.25) is 14.5 Å². The maximum Gasteiger partial charge on any atom is 0.243 e. The molecule has 1 unspecified atom stereocenters. The number of hydrogen-bond donors (Lipinski definition) is 1. The Bertz CT molecular complexity index is 1130. The van der Waals surface area contributed by atoms with Crippen molar-refractivity contribution in [1.29, 1.82) is 0 Å². The zero-order chi connectivity index (χ0) is 21.8. The molecule has 2 heterocycles. The summed E-state index contributed by atoms with van der Waals surface area (Å²) in [4.78, 5) is 32.0. The molecular weight excluding hydrogens is 478 g/mol. The normalized spacial score (nSPS) is 17.4. The second kappa shape index (κ2) is 9.53. The number of carbonyl (C=O) groups excluding carboxylic acids is 2. The minimum Gasteiger partial charge on any atom is -0.467 e. The monoisotopic (exact) mass is 497 g/mol. The number of furan rings is 1. The van der Waals surface area contributed by atoms with Crippen molar-refractivity contribution in [3.63, 3.8) is 0 Å². The minimum absolute atomic E-state index is 0.0479. The van der Waals surface area contributed by atoms with Crippen molar-refractivity contribution in [2.45, 2.75) is 25.1 Å². The van der Waals surface area contributed by atoms with Gasteiger partial charge >= 0.3 is 0 Å². The SMILES string of the molecule is Cc1cccc(N=C2SC(CC(=O)Nc3ccccc3Br)C(=O)N2Cc2ccco2)c1. The summed E-state index contributed by atoms with van der Waals surface area (Å²) in [5, 5.41) is 2.87. The number of benzene rings is 2. The predicted molar refractivity (Wildman–Crippen MR) is 126 cm³/mol. The summed E-state index contributed by atoms with van der Waals surface area (Å²) in [6.07, 6.45) is 1.62. The first kappa shape index (κ1) is 21.4. The molecule has 4 rings (SSSR count). The molecule has 1 saturated heterocycles. The van der Waals surface area contributed by atoms with Crippen molar-refractivity contribution in [3.05, 3.63) is 82.7 Å². The van der Waals surface area contributed by atoms with E-state index >= 15 is 0 Å². The summed E-state index contributed by atoms with van der Waals surface area (Å²) < 4.78 is 6.21. The van der Waals surface area contributed by atoms with Crippen LogP contribution in [-0.2, 0) is 16.1 Å². The molecule has 0 spiro atoms. The Morgan fingerprint density at radius 3 is 2.77 bits per heavy atom. The van der Waals surface area contributed by atoms with Crippen molar-refractivity contribution in [1.82, 2.24) is 4.90 Å². The van der Waals surface area contributed by atoms with Gasteiger partial charge in [-0.1, -0.05) is 36.0 Å². The van der Waals surface area contributed by atoms with E-state index in [-0.39, 0.29) is 24.8 Å². The lowest BCUT2D eigenvalue weighted by atomic mass is 10.2. The van der Waals surface area contributed by atoms with E-state index in [2.05, 4.69) is 21.2 Å². The average molecular weight is 498 g/mol. The second-order valence-corrected chi connectivity index (χ2v) is 9.10. The van der Waals surface area contributed by atoms with Gasteiger partial charge in [-0.2, -0.15) is 0 Å². The Balaban J connectivity index is 1.54. The van der Waals surface area contributed by atoms with Gasteiger partial charge in [0.1, 0.15) is 11.0 Å². The van der Waals surface area contributed by atoms with E-state index in [4.69, 9.17) is 9.41 Å². The largest absolute Gasteiger partial charge is 0.467 e. The topological polar surface area (TPSA) is 74.9 Å². The number of aryl methyl sites for hydroxylation is 1. The molecule has 3 aromatic rings. The molecule has 1 N–H and O–H groups in total. The number of thioether (sulfide) groups is 1. The lowest BCUT2D eigenvalue weighted by Gasteiger charge is -2.15. The van der Waals surface area contributed by atoms with Crippen LogP contribution in [0.15, 0.2) is 80.8 Å². The van der Waals surface area contributed by atoms with E-state index in [9.17, 15) is 9.59 Å². The number of amides is 2. The third-order valence-electron chi connectivity index (χ3n) is 4.66. The molecule has 6 nitrogen and oxygen atoms in total. The average Bonchev–Trinajstić information content (AvgIpc) is 3.34. The Labute approximate surface area is 192 Å². The van der Waals surface area contributed by atoms with Crippen molar-refractivity contribution in [2.75, 3.05) is 5.32 Å². The Kier molecular flexibility index (Phi) is 6.58. The van der Waals surface area contributed by atoms with Gasteiger partial charge in [-0.05, 0) is 64.8 Å². The number of halogens is 1. The maximum absolute atomic E-state index is 13.1. The third-order valence-corrected chi connectivity index (χ3v) is 6.53. The first-order chi connectivity index (χ1) is 15.0. The van der Waals surface area contributed by atoms with Crippen LogP contribution in [0.3, 0.4) is 0 Å². The molecule has 1 aromatic heterocycles. The van der Waals surface area contributed by atoms with E-state index in [1.807, 2.05) is 55.5 Å². The first-order valence-corrected chi connectivity index (χ1v) is 11.4. The van der Waals surface area contributed by atoms with E-state index in [1.165, 1.54) is 11.8 Å². The number of rotatable bonds is 6. The van der Waals surface area contributed by atoms with Gasteiger partial charge in [0.15, 0.2) is 5.17 Å². The lowest BCUT2D eigenvalue weighted by molar-refractivity contribution is -0.128. The summed E-state index contributed by atoms with van der Waals surface area (Å²) in [6.45, 7) is 2.26. The van der Waals surface area contributed by atoms with Gasteiger partial charge in [-0.25, -0.2) is 4.99 Å². The van der Waals surface area contributed by atoms with Gasteiger partial charge in [0.25, 0.3) is 0 Å². The number of amidine groups is 1. The third kappa shape index (κ3) is 5.26. The smallest absolute Gasteiger partial charge is 0.243 e. The lowest BCUT2D eigenvalue weighted by Crippen LogP contribution is -2.33. The van der Waals surface area contributed by atoms with Gasteiger partial charge in [-0.15, -0.1) is 0 Å². The summed E-state index contributed by atoms with van der Waals surface area (Å²) in [5.41, 5.74) is 2.51. The fraction of sp³-hybridized carbons (Fsp3) is 0.174. The number of para-hydroxylation sites is 1. The second-order valence-electron chi connectivity index (χ2n) is 7.08. The van der Waals surface area contributed by atoms with Gasteiger partial charge in [0.2, 0.25) is 11.8 Å². The van der Waals surface area contributed by atoms with E-state index in [0.717, 1.165) is 15.7 Å². The molecule has 1 atom stereocenters. The Hall–Kier alpha value is -2.84. The van der Waals surface area contributed by atoms with E-state index in [0.29, 0.717) is 16.6 Å². The highest BCUT2D eigenvalue weighted by molar-refractivity contribution is 9.10. The fourth-order valence-electron chi connectivity index (χ4n) is 3.17. The number of nitrogens with one attached hydrogen (secondary N) is 1. The fourth-order valence-corrected chi connectivity index (χ4v) is 4.71. The zero-order valence-corrected chi connectivity index (χ0v) is 19.2. The molecule has 2 amide bonds. The molecule has 2 aromatic carbocycles. The van der Waals surface area contributed by atoms with E-state index < -0.39 is 5.25 Å². The Morgan fingerprint density at radius 1 is 1.19 bits per heavy atom. The van der Waals surface area contributed by atoms with Gasteiger partial charge < -0.3 is 9.73 Å². The van der Waals surface area contributed by atoms with Crippen molar-refractivity contribution >= 4 is 56.0 Å². The standard InChI is InChI=1S/C23H20BrN3O3S/c1-15-6-4-7-16(12-15)25-23-27(14-17-8-5-11-30-17)22(29)20(31-23)13-21(28)26-19-10-3-2-9-18(19)24/h2-12,20H,13-14H2,1H3,(H,26,28). The molecule has 31 heavy (non-hydrogen) atoms. The Morgan fingerprint density at radius 2 is 2.03 bits per heavy atom. The number of carbonyl (C=O) groups is 2. The zero-order valence-electron chi connectivity index (χ0n) is 16.7. The van der Waals surface area contributed by atoms with Gasteiger partial charge in [0.05, 0.1) is 24.2 Å². The molecule has 1 fully saturated rings. The molecule has 158 valence electrons. The summed E-state index contributed by atoms with van der Waals surface area (Å²) >= 11 is 4.72. The maximum atomic E-state index is 13.1. The van der Waals surface area contributed by atoms with Crippen LogP contribution < -0.4 is 5.32 Å². The number of hydrogen-bond acceptors (Lipinski definition) is 5. The number of nitrogens with zero attached hydrogens (tertiary/aromatic N) is 2. The van der Waals surface area contributed by atoms with Gasteiger partial charge in [0, 0.05) is 10.9 Å². The summed E-state index contributed by atoms with van der Waals surface area (Å²) in [7, 11) is 0. The molecule has 1 aliphatic heterocycles. The molecule has 0 radical (unpaired) electrons. The van der Waals surface area contributed by atoms with Crippen LogP contribution in [-0.4, -0.2) is 27.1 Å². The number of aliphatic imine (C=N–C) groups is 1. The van der Waals surface area contributed by atoms with Crippen molar-refractivity contribution in [3.8, 4) is 0 Å². The molecule has 0 saturated carbocycles. The predicted octanol–water partition coefficient (Wildman–Crippen LogP) is 5.51. The molecular formula is C23H20BrN3O3S. The van der Waals surface area contributed by atoms with Crippen molar-refractivity contribution < 1.29 is 14.0 Å². The summed E-state index contributed by atoms with van der Waals surface area (Å²) in [5.74, 6) is 0.270. The van der Waals surface area contributed by atoms with Crippen LogP contribution in [0.1, 0.15) is 17.7 Å². The van der Waals surface area contributed by atoms with Crippen LogP contribution >= 0.6 is 27.7 Å². The van der Waals surface area contributed by atoms with Crippen LogP contribution in [0.2, 0.25) is 0 Å². The highest BCUT2D eigenvalue weighted by Gasteiger charge is 2.39. The first-order valence-electron chi connectivity index (χ1n) is 9.70. The van der Waals surface area contributed by atoms with Crippen LogP contribution in [0.4, 0.5) is 11.4 Å².